The number of ketones is 1. The van der Waals surface area contributed by atoms with Crippen molar-refractivity contribution in [3.63, 3.8) is 0 Å². The van der Waals surface area contributed by atoms with Crippen molar-refractivity contribution in [1.29, 1.82) is 0 Å². The first-order valence-corrected chi connectivity index (χ1v) is 16.0. The number of rotatable bonds is 7. The average Bonchev–Trinajstić information content (AvgIpc) is 3.20. The van der Waals surface area contributed by atoms with E-state index in [9.17, 15) is 24.0 Å². The molecule has 43 heavy (non-hydrogen) atoms. The Morgan fingerprint density at radius 3 is 2.00 bits per heavy atom. The van der Waals surface area contributed by atoms with Crippen LogP contribution < -0.4 is 4.74 Å². The van der Waals surface area contributed by atoms with Crippen LogP contribution in [0.15, 0.2) is 66.7 Å². The molecule has 1 heterocycles. The third kappa shape index (κ3) is 6.54. The van der Waals surface area contributed by atoms with Gasteiger partial charge in [0, 0.05) is 20.2 Å². The largest absolute Gasteiger partial charge is 0.423 e. The van der Waals surface area contributed by atoms with Crippen LogP contribution in [-0.4, -0.2) is 55.7 Å². The average molecular weight is 772 g/mol. The molecular formula is C30H21Br2Cl3N2O6. The normalized spacial score (nSPS) is 21.4. The van der Waals surface area contributed by atoms with Gasteiger partial charge in [-0.25, -0.2) is 9.80 Å². The number of esters is 1. The van der Waals surface area contributed by atoms with Crippen molar-refractivity contribution < 1.29 is 28.7 Å². The molecule has 13 heteroatoms. The number of carbonyl (C=O) groups is 5. The predicted octanol–water partition coefficient (Wildman–Crippen LogP) is 7.03. The SMILES string of the molecule is O=C(CN(C(=O)c1ccccc1Cl)N1C(=O)[C@H]2C[C@H](Br)[C@@H](Br)C[C@H]2C1=O)c1ccc(OC(=O)c2ccc(Cl)cc2Cl)cc1. The molecule has 0 radical (unpaired) electrons. The molecule has 2 fully saturated rings. The van der Waals surface area contributed by atoms with Gasteiger partial charge in [-0.2, -0.15) is 5.01 Å². The molecule has 8 nitrogen and oxygen atoms in total. The minimum absolute atomic E-state index is 0.0345. The van der Waals surface area contributed by atoms with Gasteiger partial charge in [0.25, 0.3) is 17.7 Å². The van der Waals surface area contributed by atoms with Gasteiger partial charge >= 0.3 is 5.97 Å². The Kier molecular flexibility index (Phi) is 9.63. The Labute approximate surface area is 278 Å². The molecule has 0 aromatic heterocycles. The van der Waals surface area contributed by atoms with Gasteiger partial charge in [0.15, 0.2) is 5.78 Å². The molecular weight excluding hydrogens is 751 g/mol. The van der Waals surface area contributed by atoms with E-state index in [-0.39, 0.29) is 42.1 Å². The van der Waals surface area contributed by atoms with Crippen LogP contribution in [0.4, 0.5) is 0 Å². The molecule has 4 atom stereocenters. The molecule has 3 aromatic carbocycles. The lowest BCUT2D eigenvalue weighted by atomic mass is 9.81. The summed E-state index contributed by atoms with van der Waals surface area (Å²) in [5.41, 5.74) is 0.295. The van der Waals surface area contributed by atoms with Crippen molar-refractivity contribution in [1.82, 2.24) is 10.0 Å². The highest BCUT2D eigenvalue weighted by molar-refractivity contribution is 9.12. The van der Waals surface area contributed by atoms with E-state index in [2.05, 4.69) is 31.9 Å². The fraction of sp³-hybridized carbons (Fsp3) is 0.233. The van der Waals surface area contributed by atoms with Crippen molar-refractivity contribution in [3.8, 4) is 5.75 Å². The minimum atomic E-state index is -0.768. The maximum absolute atomic E-state index is 13.8. The highest BCUT2D eigenvalue weighted by Gasteiger charge is 2.54. The number of nitrogens with zero attached hydrogens (tertiary/aromatic N) is 2. The van der Waals surface area contributed by atoms with Crippen molar-refractivity contribution >= 4 is 96.1 Å². The Morgan fingerprint density at radius 1 is 0.814 bits per heavy atom. The molecule has 1 saturated heterocycles. The number of hydrogen-bond donors (Lipinski definition) is 0. The van der Waals surface area contributed by atoms with Crippen molar-refractivity contribution in [3.05, 3.63) is 98.5 Å². The number of Topliss-reactive ketones (excluding diaryl/α,β-unsaturated/α-hetero) is 1. The van der Waals surface area contributed by atoms with Gasteiger partial charge in [-0.05, 0) is 67.4 Å². The van der Waals surface area contributed by atoms with Gasteiger partial charge in [0.05, 0.1) is 33.0 Å². The summed E-state index contributed by atoms with van der Waals surface area (Å²) in [5.74, 6) is -4.27. The van der Waals surface area contributed by atoms with Gasteiger partial charge in [-0.3, -0.25) is 19.2 Å². The molecule has 5 rings (SSSR count). The van der Waals surface area contributed by atoms with Crippen LogP contribution in [0.1, 0.15) is 43.9 Å². The number of amides is 3. The summed E-state index contributed by atoms with van der Waals surface area (Å²) in [6.45, 7) is -0.615. The van der Waals surface area contributed by atoms with Crippen LogP contribution in [0.3, 0.4) is 0 Å². The number of benzene rings is 3. The van der Waals surface area contributed by atoms with E-state index in [0.29, 0.717) is 17.9 Å². The molecule has 0 bridgehead atoms. The van der Waals surface area contributed by atoms with E-state index in [0.717, 1.165) is 10.0 Å². The van der Waals surface area contributed by atoms with E-state index in [1.807, 2.05) is 0 Å². The molecule has 2 aliphatic rings. The molecule has 3 amide bonds. The number of ether oxygens (including phenoxy) is 1. The van der Waals surface area contributed by atoms with E-state index in [1.54, 1.807) is 12.1 Å². The first kappa shape index (κ1) is 31.7. The monoisotopic (exact) mass is 768 g/mol. The molecule has 0 N–H and O–H groups in total. The van der Waals surface area contributed by atoms with E-state index in [1.165, 1.54) is 54.6 Å². The zero-order valence-electron chi connectivity index (χ0n) is 22.0. The number of hydrogen-bond acceptors (Lipinski definition) is 6. The second-order valence-electron chi connectivity index (χ2n) is 10.0. The van der Waals surface area contributed by atoms with Crippen molar-refractivity contribution in [2.24, 2.45) is 11.8 Å². The number of hydrazine groups is 1. The number of halogens is 5. The quantitative estimate of drug-likeness (QED) is 0.0842. The number of fused-ring (bicyclic) bond motifs is 1. The van der Waals surface area contributed by atoms with E-state index >= 15 is 0 Å². The Balaban J connectivity index is 1.39. The van der Waals surface area contributed by atoms with E-state index < -0.39 is 47.9 Å². The summed E-state index contributed by atoms with van der Waals surface area (Å²) in [7, 11) is 0. The zero-order chi connectivity index (χ0) is 31.0. The van der Waals surface area contributed by atoms with Crippen LogP contribution in [0.5, 0.6) is 5.75 Å². The highest BCUT2D eigenvalue weighted by atomic mass is 79.9. The lowest BCUT2D eigenvalue weighted by Crippen LogP contribution is -2.52. The van der Waals surface area contributed by atoms with Gasteiger partial charge < -0.3 is 4.74 Å². The van der Waals surface area contributed by atoms with Crippen molar-refractivity contribution in [2.75, 3.05) is 6.54 Å². The number of imide groups is 1. The summed E-state index contributed by atoms with van der Waals surface area (Å²) in [6, 6.07) is 16.2. The zero-order valence-corrected chi connectivity index (χ0v) is 27.5. The van der Waals surface area contributed by atoms with Gasteiger partial charge in [-0.1, -0.05) is 78.8 Å². The number of alkyl halides is 2. The highest BCUT2D eigenvalue weighted by Crippen LogP contribution is 2.44. The summed E-state index contributed by atoms with van der Waals surface area (Å²) >= 11 is 25.4. The molecule has 0 spiro atoms. The maximum Gasteiger partial charge on any atom is 0.345 e. The van der Waals surface area contributed by atoms with Crippen LogP contribution in [-0.2, 0) is 9.59 Å². The van der Waals surface area contributed by atoms with Crippen LogP contribution in [0.2, 0.25) is 15.1 Å². The fourth-order valence-corrected chi connectivity index (χ4v) is 7.02. The Bertz CT molecular complexity index is 1610. The first-order valence-electron chi connectivity index (χ1n) is 13.0. The molecule has 1 saturated carbocycles. The summed E-state index contributed by atoms with van der Waals surface area (Å²) in [6.07, 6.45) is 0.788. The Morgan fingerprint density at radius 2 is 1.42 bits per heavy atom. The second-order valence-corrected chi connectivity index (χ2v) is 13.6. The maximum atomic E-state index is 13.8. The van der Waals surface area contributed by atoms with Gasteiger partial charge in [0.1, 0.15) is 12.3 Å². The first-order chi connectivity index (χ1) is 20.5. The standard InChI is InChI=1S/C30H21Br2Cl3N2O6/c31-22-12-20-21(13-23(22)32)29(41)37(28(20)40)36(27(39)18-3-1-2-4-24(18)34)14-26(38)15-5-8-17(9-6-15)43-30(42)19-10-7-16(33)11-25(19)35/h1-11,20-23H,12-14H2/t20-,21+,22-,23-/m0/s1. The van der Waals surface area contributed by atoms with Crippen LogP contribution >= 0.6 is 66.7 Å². The second kappa shape index (κ2) is 13.1. The topological polar surface area (TPSA) is 101 Å². The van der Waals surface area contributed by atoms with E-state index in [4.69, 9.17) is 39.5 Å². The number of carbonyl (C=O) groups excluding carboxylic acids is 5. The molecule has 3 aromatic rings. The Hall–Kier alpha value is -2.76. The van der Waals surface area contributed by atoms with Crippen LogP contribution in [0, 0.1) is 11.8 Å². The lowest BCUT2D eigenvalue weighted by molar-refractivity contribution is -0.154. The third-order valence-electron chi connectivity index (χ3n) is 7.30. The van der Waals surface area contributed by atoms with Gasteiger partial charge in [-0.15, -0.1) is 0 Å². The van der Waals surface area contributed by atoms with Crippen molar-refractivity contribution in [2.45, 2.75) is 22.5 Å². The molecule has 1 aliphatic heterocycles. The summed E-state index contributed by atoms with van der Waals surface area (Å²) < 4.78 is 5.36. The minimum Gasteiger partial charge on any atom is -0.423 e. The third-order valence-corrected chi connectivity index (χ3v) is 10.9. The van der Waals surface area contributed by atoms with Gasteiger partial charge in [0.2, 0.25) is 0 Å². The lowest BCUT2D eigenvalue weighted by Gasteiger charge is -2.30. The summed E-state index contributed by atoms with van der Waals surface area (Å²) in [5, 5.41) is 2.26. The van der Waals surface area contributed by atoms with Crippen LogP contribution in [0.25, 0.3) is 0 Å². The summed E-state index contributed by atoms with van der Waals surface area (Å²) in [4.78, 5) is 66.8. The fourth-order valence-electron chi connectivity index (χ4n) is 5.08. The molecule has 222 valence electrons. The smallest absolute Gasteiger partial charge is 0.345 e. The molecule has 0 unspecified atom stereocenters. The molecule has 1 aliphatic carbocycles. The predicted molar refractivity (Wildman–Crippen MR) is 168 cm³/mol.